The number of rotatable bonds is 13. The number of amides is 2. The number of nitrogen functional groups attached to an aromatic ring is 2. The molecule has 436 valence electrons. The molecule has 2 spiro atoms. The molecule has 23 heteroatoms. The molecule has 6 fully saturated rings. The summed E-state index contributed by atoms with van der Waals surface area (Å²) in [5.41, 5.74) is 15.6. The summed E-state index contributed by atoms with van der Waals surface area (Å²) >= 11 is 5.85. The van der Waals surface area contributed by atoms with Crippen LogP contribution in [-0.2, 0) is 18.9 Å². The van der Waals surface area contributed by atoms with Gasteiger partial charge in [-0.25, -0.2) is 32.5 Å². The van der Waals surface area contributed by atoms with Crippen LogP contribution in [0.25, 0.3) is 44.6 Å². The van der Waals surface area contributed by atoms with Crippen molar-refractivity contribution < 1.29 is 46.1 Å². The van der Waals surface area contributed by atoms with E-state index >= 15 is 0 Å². The van der Waals surface area contributed by atoms with Crippen LogP contribution < -0.4 is 32.3 Å². The van der Waals surface area contributed by atoms with Crippen molar-refractivity contribution in [3.63, 3.8) is 0 Å². The number of hydrogen-bond acceptors (Lipinski definition) is 16. The highest BCUT2D eigenvalue weighted by Crippen LogP contribution is 2.50. The normalized spacial score (nSPS) is 18.7. The predicted octanol–water partition coefficient (Wildman–Crippen LogP) is 9.63. The number of nitrogens with zero attached hydrogens (tertiary/aromatic N) is 7. The first-order valence-corrected chi connectivity index (χ1v) is 28.2. The molecular weight excluding hydrogens is 1070 g/mol. The van der Waals surface area contributed by atoms with E-state index < -0.39 is 23.0 Å². The van der Waals surface area contributed by atoms with E-state index in [0.717, 1.165) is 82.6 Å². The maximum Gasteiger partial charge on any atom is 0.253 e. The van der Waals surface area contributed by atoms with Crippen LogP contribution in [0.3, 0.4) is 0 Å². The van der Waals surface area contributed by atoms with Crippen molar-refractivity contribution in [1.82, 2.24) is 45.9 Å². The molecule has 0 unspecified atom stereocenters. The minimum atomic E-state index is -2.69. The largest absolute Gasteiger partial charge is 0.383 e. The van der Waals surface area contributed by atoms with Gasteiger partial charge in [-0.15, -0.1) is 0 Å². The van der Waals surface area contributed by atoms with Gasteiger partial charge in [0.25, 0.3) is 23.7 Å². The highest BCUT2D eigenvalue weighted by molar-refractivity contribution is 6.28. The Morgan fingerprint density at radius 3 is 1.62 bits per heavy atom. The van der Waals surface area contributed by atoms with Gasteiger partial charge in [-0.3, -0.25) is 9.59 Å². The van der Waals surface area contributed by atoms with E-state index in [-0.39, 0.29) is 61.2 Å². The number of nitrogens with one attached hydrogen (secondary N) is 3. The molecule has 12 rings (SSSR count). The number of fused-ring (bicyclic) bond motifs is 2. The van der Waals surface area contributed by atoms with Crippen molar-refractivity contribution in [2.75, 3.05) is 82.2 Å². The summed E-state index contributed by atoms with van der Waals surface area (Å²) in [6.45, 7) is 14.8. The molecule has 2 saturated heterocycles. The highest BCUT2D eigenvalue weighted by atomic mass is 35.5. The van der Waals surface area contributed by atoms with Gasteiger partial charge in [-0.2, -0.15) is 15.0 Å². The third-order valence-corrected chi connectivity index (χ3v) is 14.1. The number of morpholine rings is 2. The zero-order valence-electron chi connectivity index (χ0n) is 46.3. The second-order valence-corrected chi connectivity index (χ2v) is 21.4. The van der Waals surface area contributed by atoms with Crippen molar-refractivity contribution >= 4 is 63.1 Å². The summed E-state index contributed by atoms with van der Waals surface area (Å²) in [4.78, 5) is 52.7. The maximum absolute atomic E-state index is 13.5. The van der Waals surface area contributed by atoms with Gasteiger partial charge in [0.2, 0.25) is 11.2 Å². The molecule has 6 heterocycles. The summed E-state index contributed by atoms with van der Waals surface area (Å²) < 4.78 is 72.9. The molecule has 2 amide bonds. The first-order chi connectivity index (χ1) is 38.8. The summed E-state index contributed by atoms with van der Waals surface area (Å²) in [6, 6.07) is 22.5. The molecule has 6 aromatic rings. The van der Waals surface area contributed by atoms with Crippen LogP contribution in [0, 0.1) is 0 Å². The smallest absolute Gasteiger partial charge is 0.253 e. The molecule has 2 aromatic carbocycles. The molecule has 6 aliphatic rings. The van der Waals surface area contributed by atoms with Gasteiger partial charge in [0.05, 0.1) is 53.1 Å². The van der Waals surface area contributed by atoms with E-state index in [1.165, 1.54) is 0 Å². The number of nitrogens with two attached hydrogens (primary N) is 2. The molecule has 0 radical (unpaired) electrons. The first kappa shape index (κ1) is 60.7. The molecule has 18 nitrogen and oxygen atoms in total. The van der Waals surface area contributed by atoms with E-state index in [4.69, 9.17) is 42.0 Å². The van der Waals surface area contributed by atoms with Crippen LogP contribution in [0.5, 0.6) is 0 Å². The Balaban J connectivity index is 0.000000157. The first-order valence-electron chi connectivity index (χ1n) is 27.9. The van der Waals surface area contributed by atoms with Gasteiger partial charge in [-0.1, -0.05) is 38.1 Å². The lowest BCUT2D eigenvalue weighted by molar-refractivity contribution is -0.234. The fourth-order valence-electron chi connectivity index (χ4n) is 9.64. The Bertz CT molecular complexity index is 3080. The zero-order valence-corrected chi connectivity index (χ0v) is 47.1. The van der Waals surface area contributed by atoms with E-state index in [0.29, 0.717) is 88.7 Å². The molecule has 4 saturated carbocycles. The van der Waals surface area contributed by atoms with Gasteiger partial charge < -0.3 is 51.3 Å². The molecule has 0 bridgehead atoms. The summed E-state index contributed by atoms with van der Waals surface area (Å²) in [5, 5.41) is 10.3. The Morgan fingerprint density at radius 1 is 0.667 bits per heavy atom. The van der Waals surface area contributed by atoms with Crippen molar-refractivity contribution in [3.8, 4) is 22.5 Å². The van der Waals surface area contributed by atoms with Gasteiger partial charge >= 0.3 is 0 Å². The second-order valence-electron chi connectivity index (χ2n) is 21.1. The quantitative estimate of drug-likeness (QED) is 0.0411. The SMILES string of the molecule is CCCOCC.CCCOCC.FC1(F)CC2(CNCCO2)C1.Nc1nc(Cl)nc2nc(-c3cccc(C(=O)NC4CC4)c3)ccc12.Nc1nc(N2CCOC3(C2)CC(F)(F)C3)nc2nc(-c3cccc(C(=O)NC4CC4)c3)ccc12. The lowest BCUT2D eigenvalue weighted by Gasteiger charge is -2.51. The Labute approximate surface area is 474 Å². The topological polar surface area (TPSA) is 240 Å². The molecule has 0 atom stereocenters. The summed E-state index contributed by atoms with van der Waals surface area (Å²) in [7, 11) is 0. The van der Waals surface area contributed by atoms with Crippen LogP contribution in [0.1, 0.15) is 113 Å². The van der Waals surface area contributed by atoms with Crippen molar-refractivity contribution in [2.45, 2.75) is 127 Å². The number of carbonyl (C=O) groups is 2. The van der Waals surface area contributed by atoms with Gasteiger partial charge in [0, 0.05) is 106 Å². The number of aromatic nitrogens is 6. The Hall–Kier alpha value is -6.43. The maximum atomic E-state index is 13.5. The number of pyridine rings is 2. The summed E-state index contributed by atoms with van der Waals surface area (Å²) in [5.74, 6) is -4.40. The van der Waals surface area contributed by atoms with E-state index in [1.807, 2.05) is 61.2 Å². The second kappa shape index (κ2) is 27.1. The third kappa shape index (κ3) is 16.8. The lowest BCUT2D eigenvalue weighted by atomic mass is 9.75. The average Bonchev–Trinajstić information content (AvgIpc) is 4.42. The summed E-state index contributed by atoms with van der Waals surface area (Å²) in [6.07, 6.45) is 5.61. The van der Waals surface area contributed by atoms with Crippen LogP contribution in [-0.4, -0.2) is 143 Å². The fraction of sp³-hybridized carbons (Fsp3) is 0.517. The van der Waals surface area contributed by atoms with Gasteiger partial charge in [-0.05, 0) is 113 Å². The van der Waals surface area contributed by atoms with E-state index in [9.17, 15) is 27.2 Å². The van der Waals surface area contributed by atoms with Crippen molar-refractivity contribution in [2.24, 2.45) is 0 Å². The number of benzene rings is 2. The van der Waals surface area contributed by atoms with Crippen LogP contribution in [0.4, 0.5) is 35.1 Å². The zero-order chi connectivity index (χ0) is 57.8. The Morgan fingerprint density at radius 2 is 1.16 bits per heavy atom. The van der Waals surface area contributed by atoms with Crippen LogP contribution in [0.15, 0.2) is 72.8 Å². The minimum Gasteiger partial charge on any atom is -0.383 e. The molecule has 4 aliphatic carbocycles. The number of hydrogen-bond donors (Lipinski definition) is 5. The minimum absolute atomic E-state index is 0.0576. The van der Waals surface area contributed by atoms with Crippen LogP contribution >= 0.6 is 11.6 Å². The van der Waals surface area contributed by atoms with Crippen LogP contribution in [0.2, 0.25) is 5.28 Å². The van der Waals surface area contributed by atoms with Gasteiger partial charge in [0.1, 0.15) is 11.6 Å². The average molecular weight is 1150 g/mol. The monoisotopic (exact) mass is 1140 g/mol. The number of ether oxygens (including phenoxy) is 4. The van der Waals surface area contributed by atoms with Crippen molar-refractivity contribution in [1.29, 1.82) is 0 Å². The number of halogens is 5. The lowest BCUT2D eigenvalue weighted by Crippen LogP contribution is -2.63. The van der Waals surface area contributed by atoms with E-state index in [1.54, 1.807) is 30.3 Å². The molecular formula is C58H73ClF4N12O6. The third-order valence-electron chi connectivity index (χ3n) is 13.9. The predicted molar refractivity (Wildman–Crippen MR) is 305 cm³/mol. The molecule has 4 aromatic heterocycles. The van der Waals surface area contributed by atoms with Gasteiger partial charge in [0.15, 0.2) is 11.3 Å². The van der Waals surface area contributed by atoms with E-state index in [2.05, 4.69) is 59.7 Å². The Kier molecular flexibility index (Phi) is 20.3. The standard InChI is InChI=1S/C24H24F2N6O2.C17H14ClN5O.C7H11F2NO.2C5H12O/c25-24(26)11-23(12-24)13-32(8-9-34-23)22-30-19(27)17-6-7-18(29-20(17)31-22)14-2-1-3-15(10-14)21(33)28-16-4-5-16;18-17-22-14(19)12-6-7-13(21-15(12)23-17)9-2-1-3-10(8-9)16(24)20-11-4-5-11;8-7(9)3-6(4-7)5-10-1-2-11-6;2*1-3-5-6-4-2/h1-3,6-7,10,16H,4-5,8-9,11-13H2,(H,28,33)(H2,27,29,30,31);1-3,6-8,11H,4-5H2,(H,20,24)(H2,19,21,22,23);10H,1-5H2;2*3-5H2,1-2H3. The molecule has 81 heavy (non-hydrogen) atoms. The number of alkyl halides is 4. The molecule has 2 aliphatic heterocycles. The molecule has 7 N–H and O–H groups in total. The van der Waals surface area contributed by atoms with Crippen molar-refractivity contribution in [3.05, 3.63) is 89.2 Å². The highest BCUT2D eigenvalue weighted by Gasteiger charge is 2.60. The number of carbonyl (C=O) groups excluding carboxylic acids is 2. The number of anilines is 3. The fourth-order valence-corrected chi connectivity index (χ4v) is 9.82.